The number of hydrogen-bond donors (Lipinski definition) is 2. The van der Waals surface area contributed by atoms with Crippen molar-refractivity contribution in [3.63, 3.8) is 0 Å². The summed E-state index contributed by atoms with van der Waals surface area (Å²) < 4.78 is 46.4. The fourth-order valence-corrected chi connectivity index (χ4v) is 4.60. The number of carbonyl (C=O) groups excluding carboxylic acids is 1. The summed E-state index contributed by atoms with van der Waals surface area (Å²) in [6, 6.07) is 17.0. The van der Waals surface area contributed by atoms with E-state index in [0.29, 0.717) is 11.3 Å². The number of ether oxygens (including phenoxy) is 1. The fraction of sp³-hybridized carbons (Fsp3) is 0.0952. The van der Waals surface area contributed by atoms with E-state index in [0.717, 1.165) is 0 Å². The van der Waals surface area contributed by atoms with E-state index in [-0.39, 0.29) is 27.7 Å². The molecule has 0 aromatic heterocycles. The highest BCUT2D eigenvalue weighted by Gasteiger charge is 2.29. The van der Waals surface area contributed by atoms with E-state index in [1.165, 1.54) is 36.4 Å². The summed E-state index contributed by atoms with van der Waals surface area (Å²) in [6.07, 6.45) is -0.688. The van der Waals surface area contributed by atoms with Crippen molar-refractivity contribution in [3.8, 4) is 0 Å². The van der Waals surface area contributed by atoms with Crippen LogP contribution in [0.15, 0.2) is 71.6 Å². The Morgan fingerprint density at radius 3 is 2.50 bits per heavy atom. The highest BCUT2D eigenvalue weighted by Crippen LogP contribution is 2.30. The molecule has 3 aromatic rings. The molecule has 9 heteroatoms. The topological polar surface area (TPSA) is 84.5 Å². The number of hydrogen-bond acceptors (Lipinski definition) is 5. The summed E-state index contributed by atoms with van der Waals surface area (Å²) in [4.78, 5) is 12.5. The minimum atomic E-state index is -3.67. The predicted molar refractivity (Wildman–Crippen MR) is 110 cm³/mol. The normalized spacial score (nSPS) is 16.9. The second kappa shape index (κ2) is 8.06. The number of sulfonamides is 1. The van der Waals surface area contributed by atoms with Gasteiger partial charge in [0.2, 0.25) is 10.0 Å². The molecule has 1 aliphatic rings. The molecule has 30 heavy (non-hydrogen) atoms. The van der Waals surface area contributed by atoms with Crippen LogP contribution >= 0.6 is 11.6 Å². The van der Waals surface area contributed by atoms with Crippen molar-refractivity contribution in [1.82, 2.24) is 4.72 Å². The minimum Gasteiger partial charge on any atom is -0.457 e. The van der Waals surface area contributed by atoms with Crippen LogP contribution in [-0.2, 0) is 21.4 Å². The van der Waals surface area contributed by atoms with Crippen LogP contribution in [-0.4, -0.2) is 14.4 Å². The minimum absolute atomic E-state index is 0.101. The smallest absolute Gasteiger partial charge is 0.338 e. The Morgan fingerprint density at radius 2 is 1.77 bits per heavy atom. The van der Waals surface area contributed by atoms with Crippen molar-refractivity contribution in [3.05, 3.63) is 94.3 Å². The molecule has 0 bridgehead atoms. The second-order valence-electron chi connectivity index (χ2n) is 6.59. The van der Waals surface area contributed by atoms with E-state index < -0.39 is 28.0 Å². The number of anilines is 1. The lowest BCUT2D eigenvalue weighted by molar-refractivity contribution is 0.0469. The molecule has 1 unspecified atom stereocenters. The maximum Gasteiger partial charge on any atom is 0.338 e. The first-order chi connectivity index (χ1) is 14.3. The fourth-order valence-electron chi connectivity index (χ4n) is 3.08. The molecule has 3 aromatic carbocycles. The standard InChI is InChI=1S/C21H16ClFN2O4S/c22-16-4-3-5-17(23)15(16)12-29-21(26)14-10-8-13(9-11-14)20-24-18-6-1-2-7-19(18)30(27,28)25-20/h1-11,20,24-25H,12H2. The predicted octanol–water partition coefficient (Wildman–Crippen LogP) is 4.24. The average Bonchev–Trinajstić information content (AvgIpc) is 2.73. The first kappa shape index (κ1) is 20.3. The van der Waals surface area contributed by atoms with E-state index in [1.54, 1.807) is 30.3 Å². The molecule has 154 valence electrons. The highest BCUT2D eigenvalue weighted by molar-refractivity contribution is 7.89. The zero-order chi connectivity index (χ0) is 21.3. The van der Waals surface area contributed by atoms with Crippen LogP contribution in [0.3, 0.4) is 0 Å². The van der Waals surface area contributed by atoms with Crippen molar-refractivity contribution in [2.45, 2.75) is 17.7 Å². The van der Waals surface area contributed by atoms with Gasteiger partial charge in [-0.1, -0.05) is 41.9 Å². The number of halogens is 2. The van der Waals surface area contributed by atoms with E-state index >= 15 is 0 Å². The molecule has 4 rings (SSSR count). The molecule has 1 heterocycles. The van der Waals surface area contributed by atoms with Crippen molar-refractivity contribution < 1.29 is 22.3 Å². The Labute approximate surface area is 177 Å². The number of benzene rings is 3. The number of esters is 1. The Morgan fingerprint density at radius 1 is 1.03 bits per heavy atom. The third kappa shape index (κ3) is 4.02. The summed E-state index contributed by atoms with van der Waals surface area (Å²) >= 11 is 5.93. The van der Waals surface area contributed by atoms with Crippen LogP contribution in [0.2, 0.25) is 5.02 Å². The maximum atomic E-state index is 13.8. The number of fused-ring (bicyclic) bond motifs is 1. The van der Waals surface area contributed by atoms with Gasteiger partial charge in [0, 0.05) is 5.56 Å². The summed E-state index contributed by atoms with van der Waals surface area (Å²) in [5.41, 5.74) is 1.45. The zero-order valence-electron chi connectivity index (χ0n) is 15.4. The largest absolute Gasteiger partial charge is 0.457 e. The summed E-state index contributed by atoms with van der Waals surface area (Å²) in [5, 5.41) is 3.29. The molecule has 0 aliphatic carbocycles. The van der Waals surface area contributed by atoms with Crippen LogP contribution in [0.4, 0.5) is 10.1 Å². The molecular formula is C21H16ClFN2O4S. The number of para-hydroxylation sites is 1. The molecule has 1 atom stereocenters. The number of nitrogens with one attached hydrogen (secondary N) is 2. The average molecular weight is 447 g/mol. The van der Waals surface area contributed by atoms with Gasteiger partial charge < -0.3 is 10.1 Å². The molecule has 0 saturated carbocycles. The van der Waals surface area contributed by atoms with Crippen LogP contribution in [0.25, 0.3) is 0 Å². The van der Waals surface area contributed by atoms with Gasteiger partial charge in [-0.2, -0.15) is 4.72 Å². The highest BCUT2D eigenvalue weighted by atomic mass is 35.5. The second-order valence-corrected chi connectivity index (χ2v) is 8.68. The van der Waals surface area contributed by atoms with Crippen molar-refractivity contribution in [2.75, 3.05) is 5.32 Å². The third-order valence-electron chi connectivity index (χ3n) is 4.64. The summed E-state index contributed by atoms with van der Waals surface area (Å²) in [6.45, 7) is -0.299. The van der Waals surface area contributed by atoms with Gasteiger partial charge in [-0.3, -0.25) is 0 Å². The zero-order valence-corrected chi connectivity index (χ0v) is 17.0. The lowest BCUT2D eigenvalue weighted by Crippen LogP contribution is -2.38. The van der Waals surface area contributed by atoms with Crippen LogP contribution in [0.5, 0.6) is 0 Å². The van der Waals surface area contributed by atoms with Gasteiger partial charge in [0.25, 0.3) is 0 Å². The van der Waals surface area contributed by atoms with Gasteiger partial charge in [0.15, 0.2) is 0 Å². The lowest BCUT2D eigenvalue weighted by Gasteiger charge is -2.28. The Hall–Kier alpha value is -2.94. The molecule has 1 aliphatic heterocycles. The van der Waals surface area contributed by atoms with Crippen LogP contribution in [0, 0.1) is 5.82 Å². The monoisotopic (exact) mass is 446 g/mol. The summed E-state index contributed by atoms with van der Waals surface area (Å²) in [5.74, 6) is -1.20. The van der Waals surface area contributed by atoms with E-state index in [1.807, 2.05) is 0 Å². The van der Waals surface area contributed by atoms with E-state index in [4.69, 9.17) is 16.3 Å². The quantitative estimate of drug-likeness (QED) is 0.585. The molecule has 0 fully saturated rings. The van der Waals surface area contributed by atoms with E-state index in [9.17, 15) is 17.6 Å². The molecule has 2 N–H and O–H groups in total. The number of carbonyl (C=O) groups is 1. The summed E-state index contributed by atoms with van der Waals surface area (Å²) in [7, 11) is -3.67. The Balaban J connectivity index is 1.47. The van der Waals surface area contributed by atoms with Gasteiger partial charge in [0.1, 0.15) is 23.5 Å². The molecule has 0 amide bonds. The maximum absolute atomic E-state index is 13.8. The lowest BCUT2D eigenvalue weighted by atomic mass is 10.1. The van der Waals surface area contributed by atoms with Crippen LogP contribution in [0.1, 0.15) is 27.7 Å². The van der Waals surface area contributed by atoms with Gasteiger partial charge in [-0.05, 0) is 42.0 Å². The third-order valence-corrected chi connectivity index (χ3v) is 6.47. The van der Waals surface area contributed by atoms with E-state index in [2.05, 4.69) is 10.0 Å². The van der Waals surface area contributed by atoms with Crippen molar-refractivity contribution >= 4 is 33.3 Å². The van der Waals surface area contributed by atoms with Gasteiger partial charge in [0.05, 0.1) is 16.3 Å². The van der Waals surface area contributed by atoms with Crippen LogP contribution < -0.4 is 10.0 Å². The Kier molecular flexibility index (Phi) is 5.46. The van der Waals surface area contributed by atoms with Gasteiger partial charge in [-0.25, -0.2) is 17.6 Å². The number of rotatable bonds is 4. The van der Waals surface area contributed by atoms with Gasteiger partial charge >= 0.3 is 5.97 Å². The molecule has 0 spiro atoms. The molecule has 0 saturated heterocycles. The first-order valence-corrected chi connectivity index (χ1v) is 10.8. The first-order valence-electron chi connectivity index (χ1n) is 8.93. The molecule has 0 radical (unpaired) electrons. The molecular weight excluding hydrogens is 431 g/mol. The van der Waals surface area contributed by atoms with Crippen molar-refractivity contribution in [2.24, 2.45) is 0 Å². The molecule has 6 nitrogen and oxygen atoms in total. The SMILES string of the molecule is O=C(OCc1c(F)cccc1Cl)c1ccc(C2Nc3ccccc3S(=O)(=O)N2)cc1. The van der Waals surface area contributed by atoms with Gasteiger partial charge in [-0.15, -0.1) is 0 Å². The Bertz CT molecular complexity index is 1200. The van der Waals surface area contributed by atoms with Crippen molar-refractivity contribution in [1.29, 1.82) is 0 Å².